The lowest BCUT2D eigenvalue weighted by molar-refractivity contribution is 0.314. The zero-order valence-electron chi connectivity index (χ0n) is 11.3. The van der Waals surface area contributed by atoms with Gasteiger partial charge in [0.2, 0.25) is 0 Å². The summed E-state index contributed by atoms with van der Waals surface area (Å²) in [5.41, 5.74) is 2.53. The van der Waals surface area contributed by atoms with E-state index in [9.17, 15) is 0 Å². The molecule has 0 fully saturated rings. The van der Waals surface area contributed by atoms with E-state index < -0.39 is 0 Å². The second-order valence-corrected chi connectivity index (χ2v) is 5.52. The van der Waals surface area contributed by atoms with Crippen molar-refractivity contribution in [2.45, 2.75) is 19.6 Å². The van der Waals surface area contributed by atoms with Gasteiger partial charge in [0.25, 0.3) is 0 Å². The van der Waals surface area contributed by atoms with Crippen molar-refractivity contribution in [1.29, 1.82) is 0 Å². The second-order valence-electron chi connectivity index (χ2n) is 4.66. The molecule has 1 N–H and O–H groups in total. The predicted molar refractivity (Wildman–Crippen MR) is 80.8 cm³/mol. The Labute approximate surface area is 122 Å². The Balaban J connectivity index is 1.99. The van der Waals surface area contributed by atoms with E-state index in [1.54, 1.807) is 6.26 Å². The van der Waals surface area contributed by atoms with E-state index in [-0.39, 0.29) is 0 Å². The number of hydrogen-bond donors (Lipinski definition) is 1. The summed E-state index contributed by atoms with van der Waals surface area (Å²) in [5.74, 6) is 1.02. The summed E-state index contributed by atoms with van der Waals surface area (Å²) in [6.45, 7) is 2.56. The lowest BCUT2D eigenvalue weighted by Gasteiger charge is -2.17. The van der Waals surface area contributed by atoms with E-state index in [2.05, 4.69) is 51.4 Å². The Morgan fingerprint density at radius 3 is 2.63 bits per heavy atom. The number of halogens is 1. The first-order valence-electron chi connectivity index (χ1n) is 6.32. The molecule has 1 heterocycles. The van der Waals surface area contributed by atoms with Gasteiger partial charge in [0, 0.05) is 23.1 Å². The third kappa shape index (κ3) is 3.93. The molecule has 2 rings (SSSR count). The van der Waals surface area contributed by atoms with Crippen LogP contribution in [0.25, 0.3) is 0 Å². The van der Waals surface area contributed by atoms with E-state index in [1.807, 2.05) is 19.2 Å². The molecule has 0 unspecified atom stereocenters. The highest BCUT2D eigenvalue weighted by Gasteiger charge is 2.09. The van der Waals surface area contributed by atoms with Crippen molar-refractivity contribution in [2.24, 2.45) is 0 Å². The van der Waals surface area contributed by atoms with E-state index in [1.165, 1.54) is 11.1 Å². The van der Waals surface area contributed by atoms with Gasteiger partial charge in [-0.25, -0.2) is 0 Å². The van der Waals surface area contributed by atoms with Crippen LogP contribution >= 0.6 is 15.9 Å². The maximum absolute atomic E-state index is 5.48. The lowest BCUT2D eigenvalue weighted by Crippen LogP contribution is -2.18. The van der Waals surface area contributed by atoms with Crippen molar-refractivity contribution in [3.63, 3.8) is 0 Å². The molecule has 0 amide bonds. The molecular weight excluding hydrogens is 304 g/mol. The van der Waals surface area contributed by atoms with Gasteiger partial charge in [0.15, 0.2) is 0 Å². The van der Waals surface area contributed by atoms with Crippen molar-refractivity contribution in [1.82, 2.24) is 10.2 Å². The minimum absolute atomic E-state index is 0.769. The van der Waals surface area contributed by atoms with Gasteiger partial charge in [-0.05, 0) is 31.8 Å². The largest absolute Gasteiger partial charge is 0.468 e. The van der Waals surface area contributed by atoms with Gasteiger partial charge >= 0.3 is 0 Å². The smallest absolute Gasteiger partial charge is 0.122 e. The molecule has 19 heavy (non-hydrogen) atoms. The third-order valence-corrected chi connectivity index (χ3v) is 3.79. The normalized spacial score (nSPS) is 11.2. The average molecular weight is 323 g/mol. The molecule has 102 valence electrons. The maximum atomic E-state index is 5.48. The van der Waals surface area contributed by atoms with E-state index in [0.29, 0.717) is 0 Å². The number of hydrogen-bond acceptors (Lipinski definition) is 3. The third-order valence-electron chi connectivity index (χ3n) is 3.01. The summed E-state index contributed by atoms with van der Waals surface area (Å²) < 4.78 is 6.64. The topological polar surface area (TPSA) is 28.4 Å². The molecule has 0 aliphatic carbocycles. The Bertz CT molecular complexity index is 524. The first kappa shape index (κ1) is 14.3. The molecule has 1 aromatic carbocycles. The molecule has 0 saturated carbocycles. The minimum atomic E-state index is 0.769. The number of benzene rings is 1. The molecule has 0 bridgehead atoms. The Hall–Kier alpha value is -1.10. The molecule has 0 aliphatic rings. The standard InChI is InChI=1S/C15H19BrN2O/c1-17-9-15-13(7-8-19-15)11-18(2)10-12-5-3-4-6-14(12)16/h3-8,17H,9-11H2,1-2H3. The Morgan fingerprint density at radius 1 is 1.16 bits per heavy atom. The summed E-state index contributed by atoms with van der Waals surface area (Å²) in [5, 5.41) is 3.12. The van der Waals surface area contributed by atoms with Crippen molar-refractivity contribution in [2.75, 3.05) is 14.1 Å². The van der Waals surface area contributed by atoms with Gasteiger partial charge in [-0.1, -0.05) is 34.1 Å². The Morgan fingerprint density at radius 2 is 1.89 bits per heavy atom. The molecule has 3 nitrogen and oxygen atoms in total. The van der Waals surface area contributed by atoms with Crippen LogP contribution in [-0.2, 0) is 19.6 Å². The fourth-order valence-electron chi connectivity index (χ4n) is 2.09. The molecule has 0 radical (unpaired) electrons. The summed E-state index contributed by atoms with van der Waals surface area (Å²) in [6, 6.07) is 10.4. The minimum Gasteiger partial charge on any atom is -0.468 e. The monoisotopic (exact) mass is 322 g/mol. The van der Waals surface area contributed by atoms with Crippen LogP contribution in [0.1, 0.15) is 16.9 Å². The van der Waals surface area contributed by atoms with Crippen molar-refractivity contribution in [3.8, 4) is 0 Å². The van der Waals surface area contributed by atoms with Crippen LogP contribution in [0.2, 0.25) is 0 Å². The second kappa shape index (κ2) is 6.89. The number of nitrogens with zero attached hydrogens (tertiary/aromatic N) is 1. The lowest BCUT2D eigenvalue weighted by atomic mass is 10.2. The van der Waals surface area contributed by atoms with E-state index in [4.69, 9.17) is 4.42 Å². The predicted octanol–water partition coefficient (Wildman–Crippen LogP) is 3.39. The number of rotatable bonds is 6. The fraction of sp³-hybridized carbons (Fsp3) is 0.333. The number of nitrogens with one attached hydrogen (secondary N) is 1. The molecule has 0 spiro atoms. The first-order chi connectivity index (χ1) is 9.20. The van der Waals surface area contributed by atoms with Crippen LogP contribution in [0.3, 0.4) is 0 Å². The fourth-order valence-corrected chi connectivity index (χ4v) is 2.50. The zero-order chi connectivity index (χ0) is 13.7. The quantitative estimate of drug-likeness (QED) is 0.883. The van der Waals surface area contributed by atoms with Crippen LogP contribution in [0.4, 0.5) is 0 Å². The highest BCUT2D eigenvalue weighted by molar-refractivity contribution is 9.10. The molecule has 1 aromatic heterocycles. The van der Waals surface area contributed by atoms with Gasteiger partial charge in [0.05, 0.1) is 12.8 Å². The molecule has 0 aliphatic heterocycles. The Kier molecular flexibility index (Phi) is 5.19. The highest BCUT2D eigenvalue weighted by atomic mass is 79.9. The zero-order valence-corrected chi connectivity index (χ0v) is 12.9. The van der Waals surface area contributed by atoms with Crippen LogP contribution in [0.15, 0.2) is 45.5 Å². The summed E-state index contributed by atoms with van der Waals surface area (Å²) >= 11 is 3.59. The maximum Gasteiger partial charge on any atom is 0.122 e. The van der Waals surface area contributed by atoms with Crippen LogP contribution < -0.4 is 5.32 Å². The van der Waals surface area contributed by atoms with Crippen molar-refractivity contribution in [3.05, 3.63) is 58.0 Å². The number of furan rings is 1. The summed E-state index contributed by atoms with van der Waals surface area (Å²) in [6.07, 6.45) is 1.76. The first-order valence-corrected chi connectivity index (χ1v) is 7.12. The molecule has 0 saturated heterocycles. The van der Waals surface area contributed by atoms with Gasteiger partial charge in [0.1, 0.15) is 5.76 Å². The van der Waals surface area contributed by atoms with E-state index >= 15 is 0 Å². The average Bonchev–Trinajstić information content (AvgIpc) is 2.80. The van der Waals surface area contributed by atoms with E-state index in [0.717, 1.165) is 29.9 Å². The van der Waals surface area contributed by atoms with Crippen LogP contribution in [-0.4, -0.2) is 19.0 Å². The molecular formula is C15H19BrN2O. The molecule has 2 aromatic rings. The summed E-state index contributed by atoms with van der Waals surface area (Å²) in [4.78, 5) is 2.28. The van der Waals surface area contributed by atoms with Crippen LogP contribution in [0, 0.1) is 0 Å². The highest BCUT2D eigenvalue weighted by Crippen LogP contribution is 2.19. The van der Waals surface area contributed by atoms with Crippen molar-refractivity contribution < 1.29 is 4.42 Å². The van der Waals surface area contributed by atoms with Gasteiger partial charge in [-0.2, -0.15) is 0 Å². The van der Waals surface area contributed by atoms with Crippen molar-refractivity contribution >= 4 is 15.9 Å². The SMILES string of the molecule is CNCc1occc1CN(C)Cc1ccccc1Br. The van der Waals surface area contributed by atoms with Crippen LogP contribution in [0.5, 0.6) is 0 Å². The van der Waals surface area contributed by atoms with Gasteiger partial charge in [-0.15, -0.1) is 0 Å². The summed E-state index contributed by atoms with van der Waals surface area (Å²) in [7, 11) is 4.05. The molecule has 0 atom stereocenters. The van der Waals surface area contributed by atoms with Gasteiger partial charge < -0.3 is 9.73 Å². The van der Waals surface area contributed by atoms with Gasteiger partial charge in [-0.3, -0.25) is 4.90 Å². The molecule has 4 heteroatoms.